The molecular formula is C26H43NO4. The molecule has 0 saturated heterocycles. The molecule has 31 heavy (non-hydrogen) atoms. The van der Waals surface area contributed by atoms with Gasteiger partial charge in [0.15, 0.2) is 0 Å². The Morgan fingerprint density at radius 1 is 0.839 bits per heavy atom. The summed E-state index contributed by atoms with van der Waals surface area (Å²) in [5.74, 6) is -0.162. The van der Waals surface area contributed by atoms with Crippen molar-refractivity contribution in [3.8, 4) is 0 Å². The summed E-state index contributed by atoms with van der Waals surface area (Å²) in [6.45, 7) is 10.2. The van der Waals surface area contributed by atoms with Gasteiger partial charge in [0, 0.05) is 38.5 Å². The lowest BCUT2D eigenvalue weighted by molar-refractivity contribution is -0.129. The molecule has 1 rings (SSSR count). The first-order chi connectivity index (χ1) is 14.9. The number of ether oxygens (including phenoxy) is 2. The van der Waals surface area contributed by atoms with Crippen LogP contribution in [-0.4, -0.2) is 43.7 Å². The summed E-state index contributed by atoms with van der Waals surface area (Å²) in [6.07, 6.45) is 6.52. The number of carbonyl (C=O) groups excluding carboxylic acids is 2. The Balaban J connectivity index is 2.42. The van der Waals surface area contributed by atoms with E-state index in [-0.39, 0.29) is 29.8 Å². The number of hydrogen-bond acceptors (Lipinski definition) is 4. The van der Waals surface area contributed by atoms with Crippen LogP contribution in [0.3, 0.4) is 0 Å². The van der Waals surface area contributed by atoms with Crippen LogP contribution in [0.25, 0.3) is 0 Å². The van der Waals surface area contributed by atoms with E-state index in [9.17, 15) is 9.59 Å². The van der Waals surface area contributed by atoms with Crippen molar-refractivity contribution in [3.63, 3.8) is 0 Å². The molecule has 0 bridgehead atoms. The first-order valence-electron chi connectivity index (χ1n) is 11.9. The van der Waals surface area contributed by atoms with Crippen molar-refractivity contribution >= 4 is 11.7 Å². The first-order valence-corrected chi connectivity index (χ1v) is 11.9. The number of Topliss-reactive ketones (excluding diaryl/α,β-unsaturated/α-hetero) is 1. The maximum atomic E-state index is 12.8. The number of nitrogens with one attached hydrogen (secondary N) is 1. The number of carbonyl (C=O) groups is 2. The van der Waals surface area contributed by atoms with Crippen LogP contribution in [0.15, 0.2) is 30.3 Å². The fraction of sp³-hybridized carbons (Fsp3) is 0.692. The zero-order valence-electron chi connectivity index (χ0n) is 20.0. The van der Waals surface area contributed by atoms with Crippen LogP contribution in [0.2, 0.25) is 0 Å². The molecule has 0 heterocycles. The summed E-state index contributed by atoms with van der Waals surface area (Å²) >= 11 is 0. The maximum Gasteiger partial charge on any atom is 0.223 e. The van der Waals surface area contributed by atoms with Crippen molar-refractivity contribution in [1.29, 1.82) is 0 Å². The fourth-order valence-electron chi connectivity index (χ4n) is 3.36. The molecule has 0 saturated carbocycles. The average molecular weight is 434 g/mol. The molecule has 0 aliphatic heterocycles. The number of hydrogen-bond donors (Lipinski definition) is 1. The van der Waals surface area contributed by atoms with Gasteiger partial charge in [0.2, 0.25) is 5.91 Å². The van der Waals surface area contributed by atoms with Gasteiger partial charge in [-0.3, -0.25) is 9.59 Å². The van der Waals surface area contributed by atoms with E-state index in [1.54, 1.807) is 0 Å². The Morgan fingerprint density at radius 2 is 1.45 bits per heavy atom. The predicted octanol–water partition coefficient (Wildman–Crippen LogP) is 5.11. The van der Waals surface area contributed by atoms with E-state index in [0.717, 1.165) is 44.3 Å². The van der Waals surface area contributed by atoms with Gasteiger partial charge >= 0.3 is 0 Å². The van der Waals surface area contributed by atoms with Crippen molar-refractivity contribution < 1.29 is 19.1 Å². The molecule has 0 fully saturated rings. The van der Waals surface area contributed by atoms with E-state index in [0.29, 0.717) is 32.4 Å². The number of unbranched alkanes of at least 4 members (excludes halogenated alkanes) is 3. The molecule has 5 nitrogen and oxygen atoms in total. The normalized spacial score (nSPS) is 12.3. The standard InChI is InChI=1S/C26H43NO4/c1-21(2)30-17-11-6-9-15-25(28)20-24(19-23-13-7-5-8-14-23)26(29)27-16-10-12-18-31-22(3)4/h5,7-8,13-14,21-22,24H,6,9-12,15-20H2,1-4H3,(H,27,29)/t24-/m1/s1. The molecule has 0 aliphatic carbocycles. The molecule has 0 aromatic heterocycles. The number of benzene rings is 1. The van der Waals surface area contributed by atoms with Crippen molar-refractivity contribution in [1.82, 2.24) is 5.32 Å². The Hall–Kier alpha value is -1.72. The third-order valence-electron chi connectivity index (χ3n) is 5.04. The Labute approximate surface area is 189 Å². The highest BCUT2D eigenvalue weighted by molar-refractivity contribution is 5.87. The SMILES string of the molecule is CC(C)OCCCCCC(=O)C[C@@H](Cc1ccccc1)C(=O)NCCCCOC(C)C. The van der Waals surface area contributed by atoms with Crippen molar-refractivity contribution in [3.05, 3.63) is 35.9 Å². The lowest BCUT2D eigenvalue weighted by atomic mass is 9.92. The summed E-state index contributed by atoms with van der Waals surface area (Å²) < 4.78 is 11.1. The minimum absolute atomic E-state index is 0.0210. The predicted molar refractivity (Wildman–Crippen MR) is 126 cm³/mol. The molecule has 5 heteroatoms. The molecule has 1 atom stereocenters. The summed E-state index contributed by atoms with van der Waals surface area (Å²) in [6, 6.07) is 9.94. The molecule has 1 aromatic rings. The van der Waals surface area contributed by atoms with E-state index in [1.807, 2.05) is 58.0 Å². The lowest BCUT2D eigenvalue weighted by Crippen LogP contribution is -2.34. The van der Waals surface area contributed by atoms with Crippen LogP contribution in [0.1, 0.15) is 78.2 Å². The third-order valence-corrected chi connectivity index (χ3v) is 5.04. The van der Waals surface area contributed by atoms with Crippen molar-refractivity contribution in [2.75, 3.05) is 19.8 Å². The van der Waals surface area contributed by atoms with Crippen LogP contribution < -0.4 is 5.32 Å². The largest absolute Gasteiger partial charge is 0.379 e. The summed E-state index contributed by atoms with van der Waals surface area (Å²) in [5.41, 5.74) is 1.09. The van der Waals surface area contributed by atoms with Gasteiger partial charge in [0.05, 0.1) is 12.2 Å². The molecule has 1 N–H and O–H groups in total. The van der Waals surface area contributed by atoms with Crippen LogP contribution in [0, 0.1) is 5.92 Å². The highest BCUT2D eigenvalue weighted by Crippen LogP contribution is 2.16. The van der Waals surface area contributed by atoms with Crippen LogP contribution >= 0.6 is 0 Å². The molecule has 0 radical (unpaired) electrons. The molecular weight excluding hydrogens is 390 g/mol. The Kier molecular flexibility index (Phi) is 14.9. The third kappa shape index (κ3) is 14.8. The Morgan fingerprint density at radius 3 is 2.06 bits per heavy atom. The van der Waals surface area contributed by atoms with E-state index >= 15 is 0 Å². The monoisotopic (exact) mass is 433 g/mol. The van der Waals surface area contributed by atoms with Crippen LogP contribution in [-0.2, 0) is 25.5 Å². The number of amides is 1. The molecule has 0 aliphatic rings. The zero-order chi connectivity index (χ0) is 22.9. The van der Waals surface area contributed by atoms with E-state index < -0.39 is 0 Å². The van der Waals surface area contributed by atoms with Crippen molar-refractivity contribution in [2.45, 2.75) is 91.3 Å². The van der Waals surface area contributed by atoms with Gasteiger partial charge in [0.1, 0.15) is 5.78 Å². The molecule has 1 aromatic carbocycles. The van der Waals surface area contributed by atoms with Gasteiger partial charge in [0.25, 0.3) is 0 Å². The topological polar surface area (TPSA) is 64.6 Å². The molecule has 0 spiro atoms. The zero-order valence-corrected chi connectivity index (χ0v) is 20.0. The number of ketones is 1. The quantitative estimate of drug-likeness (QED) is 0.327. The molecule has 1 amide bonds. The first kappa shape index (κ1) is 27.3. The summed E-state index contributed by atoms with van der Waals surface area (Å²) in [4.78, 5) is 25.3. The second-order valence-corrected chi connectivity index (χ2v) is 8.78. The summed E-state index contributed by atoms with van der Waals surface area (Å²) in [5, 5.41) is 3.03. The minimum Gasteiger partial charge on any atom is -0.379 e. The average Bonchev–Trinajstić information content (AvgIpc) is 2.72. The smallest absolute Gasteiger partial charge is 0.223 e. The van der Waals surface area contributed by atoms with E-state index in [2.05, 4.69) is 5.32 Å². The van der Waals surface area contributed by atoms with E-state index in [1.165, 1.54) is 0 Å². The molecule has 0 unspecified atom stereocenters. The van der Waals surface area contributed by atoms with Gasteiger partial charge in [-0.25, -0.2) is 0 Å². The second kappa shape index (κ2) is 16.9. The van der Waals surface area contributed by atoms with Gasteiger partial charge in [-0.05, 0) is 65.4 Å². The molecule has 176 valence electrons. The van der Waals surface area contributed by atoms with Crippen LogP contribution in [0.5, 0.6) is 0 Å². The fourth-order valence-corrected chi connectivity index (χ4v) is 3.36. The lowest BCUT2D eigenvalue weighted by Gasteiger charge is -2.17. The summed E-state index contributed by atoms with van der Waals surface area (Å²) in [7, 11) is 0. The van der Waals surface area contributed by atoms with Crippen molar-refractivity contribution in [2.24, 2.45) is 5.92 Å². The Bertz CT molecular complexity index is 601. The highest BCUT2D eigenvalue weighted by atomic mass is 16.5. The van der Waals surface area contributed by atoms with Gasteiger partial charge < -0.3 is 14.8 Å². The van der Waals surface area contributed by atoms with Gasteiger partial charge in [-0.1, -0.05) is 36.8 Å². The maximum absolute atomic E-state index is 12.8. The van der Waals surface area contributed by atoms with Gasteiger partial charge in [-0.2, -0.15) is 0 Å². The minimum atomic E-state index is -0.314. The number of rotatable bonds is 18. The van der Waals surface area contributed by atoms with E-state index in [4.69, 9.17) is 9.47 Å². The van der Waals surface area contributed by atoms with Crippen LogP contribution in [0.4, 0.5) is 0 Å². The highest BCUT2D eigenvalue weighted by Gasteiger charge is 2.22. The van der Waals surface area contributed by atoms with Gasteiger partial charge in [-0.15, -0.1) is 0 Å². The second-order valence-electron chi connectivity index (χ2n) is 8.78.